The van der Waals surface area contributed by atoms with Crippen molar-refractivity contribution >= 4 is 0 Å². The zero-order chi connectivity index (χ0) is 8.65. The summed E-state index contributed by atoms with van der Waals surface area (Å²) in [6.45, 7) is 5.35. The van der Waals surface area contributed by atoms with Gasteiger partial charge < -0.3 is 0 Å². The van der Waals surface area contributed by atoms with Crippen molar-refractivity contribution in [2.24, 2.45) is 5.92 Å². The van der Waals surface area contributed by atoms with E-state index in [1.165, 1.54) is 51.4 Å². The number of hydrogen-bond acceptors (Lipinski definition) is 0. The Morgan fingerprint density at radius 1 is 1.08 bits per heavy atom. The molecule has 0 amide bonds. The second kappa shape index (κ2) is 6.28. The van der Waals surface area contributed by atoms with Gasteiger partial charge in [0.25, 0.3) is 0 Å². The van der Waals surface area contributed by atoms with Crippen LogP contribution in [-0.2, 0) is 0 Å². The molecule has 0 heterocycles. The topological polar surface area (TPSA) is 0 Å². The summed E-state index contributed by atoms with van der Waals surface area (Å²) in [7, 11) is 0. The Balaban J connectivity index is 2.07. The van der Waals surface area contributed by atoms with Crippen LogP contribution in [0.3, 0.4) is 0 Å². The number of hydrogen-bond donors (Lipinski definition) is 0. The van der Waals surface area contributed by atoms with Crippen molar-refractivity contribution in [1.82, 2.24) is 0 Å². The van der Waals surface area contributed by atoms with Crippen LogP contribution in [0, 0.1) is 12.5 Å². The molecule has 0 N–H and O–H groups in total. The highest BCUT2D eigenvalue weighted by atomic mass is 14.2. The summed E-state index contributed by atoms with van der Waals surface area (Å²) >= 11 is 0. The van der Waals surface area contributed by atoms with Crippen molar-refractivity contribution in [1.29, 1.82) is 0 Å². The van der Waals surface area contributed by atoms with E-state index in [1.54, 1.807) is 6.08 Å². The third-order valence-electron chi connectivity index (χ3n) is 2.96. The van der Waals surface area contributed by atoms with Crippen LogP contribution < -0.4 is 0 Å². The minimum Gasteiger partial charge on any atom is -0.0845 e. The number of allylic oxidation sites excluding steroid dienone is 1. The highest BCUT2D eigenvalue weighted by Gasteiger charge is 2.10. The molecule has 0 saturated heterocycles. The van der Waals surface area contributed by atoms with Gasteiger partial charge in [0.2, 0.25) is 0 Å². The molecule has 1 saturated carbocycles. The Kier molecular flexibility index (Phi) is 5.14. The van der Waals surface area contributed by atoms with Crippen LogP contribution in [0.5, 0.6) is 0 Å². The Morgan fingerprint density at radius 2 is 1.75 bits per heavy atom. The maximum Gasteiger partial charge on any atom is -0.0348 e. The molecule has 0 aromatic heterocycles. The highest BCUT2D eigenvalue weighted by Crippen LogP contribution is 2.26. The molecule has 0 unspecified atom stereocenters. The van der Waals surface area contributed by atoms with E-state index in [9.17, 15) is 0 Å². The van der Waals surface area contributed by atoms with Crippen molar-refractivity contribution in [3.63, 3.8) is 0 Å². The largest absolute Gasteiger partial charge is 0.0845 e. The second-order valence-electron chi connectivity index (χ2n) is 4.02. The molecule has 0 aliphatic heterocycles. The van der Waals surface area contributed by atoms with Crippen molar-refractivity contribution in [2.75, 3.05) is 0 Å². The SMILES string of the molecule is [CH]=CCCCC1CCCCCC1. The van der Waals surface area contributed by atoms with Crippen molar-refractivity contribution < 1.29 is 0 Å². The summed E-state index contributed by atoms with van der Waals surface area (Å²) in [6, 6.07) is 0. The fourth-order valence-corrected chi connectivity index (χ4v) is 2.18. The van der Waals surface area contributed by atoms with Crippen molar-refractivity contribution in [2.45, 2.75) is 57.8 Å². The summed E-state index contributed by atoms with van der Waals surface area (Å²) in [5.41, 5.74) is 0. The monoisotopic (exact) mass is 165 g/mol. The van der Waals surface area contributed by atoms with Crippen LogP contribution in [0.2, 0.25) is 0 Å². The maximum atomic E-state index is 5.35. The molecule has 0 nitrogen and oxygen atoms in total. The highest BCUT2D eigenvalue weighted by molar-refractivity contribution is 4.68. The van der Waals surface area contributed by atoms with Gasteiger partial charge in [0.05, 0.1) is 0 Å². The van der Waals surface area contributed by atoms with Gasteiger partial charge in [-0.2, -0.15) is 0 Å². The van der Waals surface area contributed by atoms with Gasteiger partial charge in [-0.1, -0.05) is 57.6 Å². The Labute approximate surface area is 77.1 Å². The molecular formula is C12H21. The van der Waals surface area contributed by atoms with Gasteiger partial charge >= 0.3 is 0 Å². The molecule has 1 radical (unpaired) electrons. The molecule has 1 aliphatic rings. The lowest BCUT2D eigenvalue weighted by atomic mass is 9.94. The maximum absolute atomic E-state index is 5.35. The standard InChI is InChI=1S/C12H21/c1-2-3-6-9-12-10-7-4-5-8-11-12/h1-2,12H,3-11H2. The minimum absolute atomic E-state index is 1.02. The summed E-state index contributed by atoms with van der Waals surface area (Å²) < 4.78 is 0. The van der Waals surface area contributed by atoms with Crippen molar-refractivity contribution in [3.05, 3.63) is 12.7 Å². The third kappa shape index (κ3) is 3.94. The summed E-state index contributed by atoms with van der Waals surface area (Å²) in [5.74, 6) is 1.02. The number of unbranched alkanes of at least 4 members (excludes halogenated alkanes) is 1. The normalized spacial score (nSPS) is 20.3. The number of rotatable bonds is 4. The molecule has 0 spiro atoms. The first-order valence-electron chi connectivity index (χ1n) is 5.47. The fourth-order valence-electron chi connectivity index (χ4n) is 2.18. The predicted octanol–water partition coefficient (Wildman–Crippen LogP) is 4.12. The lowest BCUT2D eigenvalue weighted by Gasteiger charge is -2.12. The molecule has 1 aliphatic carbocycles. The Bertz CT molecular complexity index is 107. The van der Waals surface area contributed by atoms with Gasteiger partial charge in [-0.25, -0.2) is 0 Å². The van der Waals surface area contributed by atoms with E-state index in [4.69, 9.17) is 6.58 Å². The van der Waals surface area contributed by atoms with Crippen LogP contribution in [-0.4, -0.2) is 0 Å². The van der Waals surface area contributed by atoms with Crippen LogP contribution in [0.4, 0.5) is 0 Å². The molecule has 12 heavy (non-hydrogen) atoms. The van der Waals surface area contributed by atoms with E-state index in [0.717, 1.165) is 12.3 Å². The molecule has 1 rings (SSSR count). The smallest absolute Gasteiger partial charge is 0.0348 e. The van der Waals surface area contributed by atoms with Gasteiger partial charge in [-0.3, -0.25) is 0 Å². The lowest BCUT2D eigenvalue weighted by molar-refractivity contribution is 0.417. The van der Waals surface area contributed by atoms with E-state index in [2.05, 4.69) is 0 Å². The van der Waals surface area contributed by atoms with Crippen LogP contribution in [0.15, 0.2) is 6.08 Å². The van der Waals surface area contributed by atoms with E-state index >= 15 is 0 Å². The average molecular weight is 165 g/mol. The third-order valence-corrected chi connectivity index (χ3v) is 2.96. The van der Waals surface area contributed by atoms with Crippen LogP contribution >= 0.6 is 0 Å². The molecule has 1 fully saturated rings. The molecule has 0 aromatic rings. The van der Waals surface area contributed by atoms with E-state index < -0.39 is 0 Å². The summed E-state index contributed by atoms with van der Waals surface area (Å²) in [6.07, 6.45) is 14.5. The molecule has 0 atom stereocenters. The van der Waals surface area contributed by atoms with Gasteiger partial charge in [0, 0.05) is 0 Å². The zero-order valence-electron chi connectivity index (χ0n) is 8.10. The molecule has 0 aromatic carbocycles. The molecule has 0 bridgehead atoms. The van der Waals surface area contributed by atoms with Crippen LogP contribution in [0.1, 0.15) is 57.8 Å². The van der Waals surface area contributed by atoms with Gasteiger partial charge in [0.15, 0.2) is 0 Å². The summed E-state index contributed by atoms with van der Waals surface area (Å²) in [5, 5.41) is 0. The molecule has 0 heteroatoms. The lowest BCUT2D eigenvalue weighted by Crippen LogP contribution is -1.97. The quantitative estimate of drug-likeness (QED) is 0.434. The van der Waals surface area contributed by atoms with Gasteiger partial charge in [-0.15, -0.1) is 0 Å². The first-order valence-corrected chi connectivity index (χ1v) is 5.47. The summed E-state index contributed by atoms with van der Waals surface area (Å²) in [4.78, 5) is 0. The first-order chi connectivity index (χ1) is 5.93. The van der Waals surface area contributed by atoms with E-state index in [1.807, 2.05) is 0 Å². The van der Waals surface area contributed by atoms with Gasteiger partial charge in [-0.05, 0) is 18.8 Å². The van der Waals surface area contributed by atoms with Crippen molar-refractivity contribution in [3.8, 4) is 0 Å². The predicted molar refractivity (Wildman–Crippen MR) is 53.9 cm³/mol. The zero-order valence-corrected chi connectivity index (χ0v) is 8.10. The Morgan fingerprint density at radius 3 is 2.33 bits per heavy atom. The average Bonchev–Trinajstić information content (AvgIpc) is 2.33. The second-order valence-corrected chi connectivity index (χ2v) is 4.02. The van der Waals surface area contributed by atoms with E-state index in [0.29, 0.717) is 0 Å². The van der Waals surface area contributed by atoms with E-state index in [-0.39, 0.29) is 0 Å². The van der Waals surface area contributed by atoms with Gasteiger partial charge in [0.1, 0.15) is 0 Å². The fraction of sp³-hybridized carbons (Fsp3) is 0.833. The molecule has 69 valence electrons. The Hall–Kier alpha value is -0.260. The minimum atomic E-state index is 1.02. The molecular weight excluding hydrogens is 144 g/mol. The van der Waals surface area contributed by atoms with Crippen LogP contribution in [0.25, 0.3) is 0 Å². The first kappa shape index (κ1) is 9.83.